The first kappa shape index (κ1) is 18.3. The van der Waals surface area contributed by atoms with E-state index in [1.807, 2.05) is 37.3 Å². The molecule has 1 aliphatic heterocycles. The largest absolute Gasteiger partial charge is 0.378 e. The summed E-state index contributed by atoms with van der Waals surface area (Å²) in [6.07, 6.45) is 2.22. The monoisotopic (exact) mass is 385 g/mol. The summed E-state index contributed by atoms with van der Waals surface area (Å²) < 4.78 is 5.44. The van der Waals surface area contributed by atoms with Crippen LogP contribution in [0.4, 0.5) is 5.82 Å². The first-order valence-electron chi connectivity index (χ1n) is 9.48. The number of halogens is 1. The molecule has 1 aromatic carbocycles. The van der Waals surface area contributed by atoms with Gasteiger partial charge in [0.15, 0.2) is 0 Å². The summed E-state index contributed by atoms with van der Waals surface area (Å²) >= 11 is 5.93. The molecule has 5 nitrogen and oxygen atoms in total. The van der Waals surface area contributed by atoms with Gasteiger partial charge < -0.3 is 15.0 Å². The third-order valence-electron chi connectivity index (χ3n) is 5.12. The van der Waals surface area contributed by atoms with E-state index in [2.05, 4.69) is 10.2 Å². The highest BCUT2D eigenvalue weighted by molar-refractivity contribution is 6.30. The Morgan fingerprint density at radius 1 is 1.26 bits per heavy atom. The van der Waals surface area contributed by atoms with Gasteiger partial charge in [-0.15, -0.1) is 0 Å². The summed E-state index contributed by atoms with van der Waals surface area (Å²) in [6.45, 7) is 5.63. The molecule has 2 fully saturated rings. The smallest absolute Gasteiger partial charge is 0.253 e. The summed E-state index contributed by atoms with van der Waals surface area (Å²) in [5, 5.41) is 3.74. The second kappa shape index (κ2) is 7.87. The van der Waals surface area contributed by atoms with E-state index >= 15 is 0 Å². The molecule has 1 aromatic heterocycles. The van der Waals surface area contributed by atoms with E-state index in [-0.39, 0.29) is 5.91 Å². The van der Waals surface area contributed by atoms with Gasteiger partial charge in [0, 0.05) is 30.6 Å². The SMILES string of the molecule is Cc1cc(N2CCOCC2)nc(C2CC2)c1C(=O)NCc1ccc(Cl)cc1. The Hall–Kier alpha value is -2.11. The lowest BCUT2D eigenvalue weighted by Gasteiger charge is -2.29. The first-order valence-corrected chi connectivity index (χ1v) is 9.86. The highest BCUT2D eigenvalue weighted by Gasteiger charge is 2.32. The molecular weight excluding hydrogens is 362 g/mol. The molecule has 27 heavy (non-hydrogen) atoms. The zero-order valence-electron chi connectivity index (χ0n) is 15.5. The number of nitrogens with one attached hydrogen (secondary N) is 1. The van der Waals surface area contributed by atoms with Gasteiger partial charge in [-0.3, -0.25) is 4.79 Å². The molecule has 6 heteroatoms. The summed E-state index contributed by atoms with van der Waals surface area (Å²) in [5.74, 6) is 1.32. The van der Waals surface area contributed by atoms with Crippen molar-refractivity contribution < 1.29 is 9.53 Å². The average molecular weight is 386 g/mol. The number of aryl methyl sites for hydroxylation is 1. The summed E-state index contributed by atoms with van der Waals surface area (Å²) in [7, 11) is 0. The highest BCUT2D eigenvalue weighted by atomic mass is 35.5. The number of hydrogen-bond donors (Lipinski definition) is 1. The molecule has 0 spiro atoms. The number of pyridine rings is 1. The van der Waals surface area contributed by atoms with Gasteiger partial charge in [-0.2, -0.15) is 0 Å². The van der Waals surface area contributed by atoms with Gasteiger partial charge in [0.25, 0.3) is 5.91 Å². The Balaban J connectivity index is 1.55. The number of amides is 1. The van der Waals surface area contributed by atoms with Crippen LogP contribution in [0.25, 0.3) is 0 Å². The number of nitrogens with zero attached hydrogens (tertiary/aromatic N) is 2. The van der Waals surface area contributed by atoms with Crippen molar-refractivity contribution in [2.45, 2.75) is 32.2 Å². The summed E-state index contributed by atoms with van der Waals surface area (Å²) in [5.41, 5.74) is 3.70. The first-order chi connectivity index (χ1) is 13.1. The molecule has 4 rings (SSSR count). The Kier molecular flexibility index (Phi) is 5.32. The number of anilines is 1. The second-order valence-corrected chi connectivity index (χ2v) is 7.68. The maximum atomic E-state index is 12.9. The molecule has 2 aromatic rings. The van der Waals surface area contributed by atoms with Crippen molar-refractivity contribution in [3.05, 3.63) is 57.7 Å². The number of morpholine rings is 1. The minimum absolute atomic E-state index is 0.0506. The van der Waals surface area contributed by atoms with Gasteiger partial charge in [-0.25, -0.2) is 4.98 Å². The number of aromatic nitrogens is 1. The van der Waals surface area contributed by atoms with Crippen LogP contribution >= 0.6 is 11.6 Å². The normalized spacial score (nSPS) is 17.0. The van der Waals surface area contributed by atoms with Crippen LogP contribution in [0, 0.1) is 6.92 Å². The summed E-state index contributed by atoms with van der Waals surface area (Å²) in [4.78, 5) is 20.1. The fourth-order valence-electron chi connectivity index (χ4n) is 3.45. The topological polar surface area (TPSA) is 54.5 Å². The van der Waals surface area contributed by atoms with Crippen molar-refractivity contribution in [1.82, 2.24) is 10.3 Å². The Morgan fingerprint density at radius 2 is 1.96 bits per heavy atom. The second-order valence-electron chi connectivity index (χ2n) is 7.24. The predicted molar refractivity (Wildman–Crippen MR) is 107 cm³/mol. The predicted octanol–water partition coefficient (Wildman–Crippen LogP) is 3.69. The number of carbonyl (C=O) groups is 1. The zero-order valence-corrected chi connectivity index (χ0v) is 16.3. The minimum atomic E-state index is -0.0506. The van der Waals surface area contributed by atoms with E-state index in [1.165, 1.54) is 0 Å². The molecule has 0 unspecified atom stereocenters. The van der Waals surface area contributed by atoms with Crippen LogP contribution < -0.4 is 10.2 Å². The maximum absolute atomic E-state index is 12.9. The van der Waals surface area contributed by atoms with Crippen LogP contribution in [0.5, 0.6) is 0 Å². The van der Waals surface area contributed by atoms with Crippen LogP contribution in [0.1, 0.15) is 45.9 Å². The van der Waals surface area contributed by atoms with Crippen LogP contribution in [0.15, 0.2) is 30.3 Å². The average Bonchev–Trinajstić information content (AvgIpc) is 3.52. The number of rotatable bonds is 5. The van der Waals surface area contributed by atoms with E-state index in [0.717, 1.165) is 67.3 Å². The van der Waals surface area contributed by atoms with Gasteiger partial charge in [-0.1, -0.05) is 23.7 Å². The minimum Gasteiger partial charge on any atom is -0.378 e. The van der Waals surface area contributed by atoms with Crippen LogP contribution in [-0.4, -0.2) is 37.2 Å². The van der Waals surface area contributed by atoms with E-state index in [4.69, 9.17) is 21.3 Å². The molecule has 1 N–H and O–H groups in total. The molecule has 2 aliphatic rings. The summed E-state index contributed by atoms with van der Waals surface area (Å²) in [6, 6.07) is 9.56. The van der Waals surface area contributed by atoms with Gasteiger partial charge in [0.05, 0.1) is 24.5 Å². The van der Waals surface area contributed by atoms with Crippen LogP contribution in [0.3, 0.4) is 0 Å². The number of benzene rings is 1. The molecule has 142 valence electrons. The van der Waals surface area contributed by atoms with E-state index < -0.39 is 0 Å². The highest BCUT2D eigenvalue weighted by Crippen LogP contribution is 2.42. The standard InChI is InChI=1S/C21H24ClN3O2/c1-14-12-18(25-8-10-27-11-9-25)24-20(16-4-5-16)19(14)21(26)23-13-15-2-6-17(22)7-3-15/h2-3,6-7,12,16H,4-5,8-11,13H2,1H3,(H,23,26). The van der Waals surface area contributed by atoms with Crippen molar-refractivity contribution >= 4 is 23.3 Å². The molecule has 0 radical (unpaired) electrons. The quantitative estimate of drug-likeness (QED) is 0.852. The third-order valence-corrected chi connectivity index (χ3v) is 5.38. The molecule has 1 saturated carbocycles. The van der Waals surface area contributed by atoms with Crippen LogP contribution in [0.2, 0.25) is 5.02 Å². The number of hydrogen-bond acceptors (Lipinski definition) is 4. The molecule has 0 bridgehead atoms. The van der Waals surface area contributed by atoms with Crippen molar-refractivity contribution in [3.8, 4) is 0 Å². The van der Waals surface area contributed by atoms with E-state index in [1.54, 1.807) is 0 Å². The van der Waals surface area contributed by atoms with Gasteiger partial charge >= 0.3 is 0 Å². The Bertz CT molecular complexity index is 828. The molecule has 1 amide bonds. The Morgan fingerprint density at radius 3 is 2.63 bits per heavy atom. The molecule has 1 aliphatic carbocycles. The zero-order chi connectivity index (χ0) is 18.8. The van der Waals surface area contributed by atoms with Gasteiger partial charge in [0.1, 0.15) is 5.82 Å². The van der Waals surface area contributed by atoms with E-state index in [9.17, 15) is 4.79 Å². The molecule has 0 atom stereocenters. The van der Waals surface area contributed by atoms with Gasteiger partial charge in [0.2, 0.25) is 0 Å². The van der Waals surface area contributed by atoms with Crippen molar-refractivity contribution in [2.75, 3.05) is 31.2 Å². The van der Waals surface area contributed by atoms with Gasteiger partial charge in [-0.05, 0) is 49.1 Å². The fraction of sp³-hybridized carbons (Fsp3) is 0.429. The maximum Gasteiger partial charge on any atom is 0.253 e. The Labute approximate surface area is 164 Å². The third kappa shape index (κ3) is 4.25. The van der Waals surface area contributed by atoms with E-state index in [0.29, 0.717) is 17.5 Å². The lowest BCUT2D eigenvalue weighted by molar-refractivity contribution is 0.0948. The molecule has 1 saturated heterocycles. The molecular formula is C21H24ClN3O2. The molecule has 2 heterocycles. The van der Waals surface area contributed by atoms with Crippen LogP contribution in [-0.2, 0) is 11.3 Å². The lowest BCUT2D eigenvalue weighted by Crippen LogP contribution is -2.37. The van der Waals surface area contributed by atoms with Crippen molar-refractivity contribution in [3.63, 3.8) is 0 Å². The fourth-order valence-corrected chi connectivity index (χ4v) is 3.58. The lowest BCUT2D eigenvalue weighted by atomic mass is 10.0. The number of carbonyl (C=O) groups excluding carboxylic acids is 1. The van der Waals surface area contributed by atoms with Crippen molar-refractivity contribution in [1.29, 1.82) is 0 Å². The van der Waals surface area contributed by atoms with Crippen molar-refractivity contribution in [2.24, 2.45) is 0 Å². The number of ether oxygens (including phenoxy) is 1.